The SMILES string of the molecule is [C-]#[N+]c1ccc(OC(=O)c2ccc(OC(=O)CCC(=O)Oc3ccccc3)cc2)cc1. The zero-order valence-electron chi connectivity index (χ0n) is 16.3. The summed E-state index contributed by atoms with van der Waals surface area (Å²) in [5.41, 5.74) is 0.708. The van der Waals surface area contributed by atoms with Crippen molar-refractivity contribution in [3.05, 3.63) is 95.8 Å². The first-order valence-corrected chi connectivity index (χ1v) is 9.29. The van der Waals surface area contributed by atoms with Gasteiger partial charge in [-0.2, -0.15) is 0 Å². The minimum atomic E-state index is -0.597. The fraction of sp³-hybridized carbons (Fsp3) is 0.0833. The number of benzene rings is 3. The van der Waals surface area contributed by atoms with E-state index in [1.165, 1.54) is 36.4 Å². The van der Waals surface area contributed by atoms with Gasteiger partial charge < -0.3 is 14.2 Å². The molecule has 7 nitrogen and oxygen atoms in total. The Balaban J connectivity index is 1.46. The Morgan fingerprint density at radius 2 is 1.13 bits per heavy atom. The van der Waals surface area contributed by atoms with Crippen LogP contribution in [0.4, 0.5) is 5.69 Å². The number of rotatable bonds is 7. The molecule has 0 radical (unpaired) electrons. The number of ether oxygens (including phenoxy) is 3. The molecule has 0 atom stereocenters. The second-order valence-corrected chi connectivity index (χ2v) is 6.28. The Bertz CT molecular complexity index is 1100. The van der Waals surface area contributed by atoms with Gasteiger partial charge >= 0.3 is 17.9 Å². The maximum Gasteiger partial charge on any atom is 0.343 e. The molecule has 0 N–H and O–H groups in total. The molecule has 0 aliphatic heterocycles. The molecule has 0 aromatic heterocycles. The Hall–Kier alpha value is -4.44. The largest absolute Gasteiger partial charge is 0.427 e. The molecule has 3 aromatic carbocycles. The highest BCUT2D eigenvalue weighted by Gasteiger charge is 2.13. The maximum atomic E-state index is 12.2. The maximum absolute atomic E-state index is 12.2. The molecular weight excluding hydrogens is 398 g/mol. The molecule has 0 heterocycles. The van der Waals surface area contributed by atoms with Crippen molar-refractivity contribution in [2.75, 3.05) is 0 Å². The standard InChI is InChI=1S/C24H17NO6/c1-25-18-9-13-21(14-10-18)31-24(28)17-7-11-20(12-8-17)30-23(27)16-15-22(26)29-19-5-3-2-4-6-19/h2-14H,15-16H2. The van der Waals surface area contributed by atoms with Crippen LogP contribution in [0.25, 0.3) is 4.85 Å². The molecule has 31 heavy (non-hydrogen) atoms. The fourth-order valence-corrected chi connectivity index (χ4v) is 2.47. The van der Waals surface area contributed by atoms with Crippen molar-refractivity contribution in [2.45, 2.75) is 12.8 Å². The summed E-state index contributed by atoms with van der Waals surface area (Å²) in [5, 5.41) is 0. The molecule has 0 unspecified atom stereocenters. The molecule has 3 rings (SSSR count). The lowest BCUT2D eigenvalue weighted by atomic mass is 10.2. The normalized spacial score (nSPS) is 9.90. The first-order valence-electron chi connectivity index (χ1n) is 9.29. The molecule has 0 saturated heterocycles. The summed E-state index contributed by atoms with van der Waals surface area (Å²) < 4.78 is 15.5. The van der Waals surface area contributed by atoms with Crippen molar-refractivity contribution in [1.82, 2.24) is 0 Å². The average molecular weight is 415 g/mol. The number of esters is 3. The van der Waals surface area contributed by atoms with Crippen LogP contribution in [0, 0.1) is 6.57 Å². The van der Waals surface area contributed by atoms with E-state index in [1.54, 1.807) is 42.5 Å². The summed E-state index contributed by atoms with van der Waals surface area (Å²) in [5.74, 6) is -0.761. The lowest BCUT2D eigenvalue weighted by Gasteiger charge is -2.07. The molecular formula is C24H17NO6. The lowest BCUT2D eigenvalue weighted by molar-refractivity contribution is -0.140. The number of hydrogen-bond acceptors (Lipinski definition) is 6. The first-order chi connectivity index (χ1) is 15.0. The highest BCUT2D eigenvalue weighted by molar-refractivity contribution is 5.91. The van der Waals surface area contributed by atoms with Crippen LogP contribution < -0.4 is 14.2 Å². The van der Waals surface area contributed by atoms with Crippen LogP contribution in [0.5, 0.6) is 17.2 Å². The molecule has 0 bridgehead atoms. The summed E-state index contributed by atoms with van der Waals surface area (Å²) in [6.45, 7) is 6.91. The lowest BCUT2D eigenvalue weighted by Crippen LogP contribution is -2.14. The van der Waals surface area contributed by atoms with Crippen molar-refractivity contribution < 1.29 is 28.6 Å². The molecule has 0 spiro atoms. The van der Waals surface area contributed by atoms with Gasteiger partial charge in [-0.3, -0.25) is 9.59 Å². The number of carbonyl (C=O) groups excluding carboxylic acids is 3. The van der Waals surface area contributed by atoms with Crippen molar-refractivity contribution in [3.63, 3.8) is 0 Å². The van der Waals surface area contributed by atoms with Gasteiger partial charge in [0.15, 0.2) is 5.69 Å². The van der Waals surface area contributed by atoms with Crippen LogP contribution in [0.2, 0.25) is 0 Å². The van der Waals surface area contributed by atoms with Crippen molar-refractivity contribution in [2.24, 2.45) is 0 Å². The van der Waals surface area contributed by atoms with E-state index in [0.29, 0.717) is 17.2 Å². The van der Waals surface area contributed by atoms with Crippen molar-refractivity contribution in [3.8, 4) is 17.2 Å². The Morgan fingerprint density at radius 1 is 0.645 bits per heavy atom. The summed E-state index contributed by atoms with van der Waals surface area (Å²) in [6, 6.07) is 20.6. The van der Waals surface area contributed by atoms with Gasteiger partial charge in [0, 0.05) is 0 Å². The van der Waals surface area contributed by atoms with Crippen molar-refractivity contribution >= 4 is 23.6 Å². The van der Waals surface area contributed by atoms with E-state index in [9.17, 15) is 14.4 Å². The van der Waals surface area contributed by atoms with Gasteiger partial charge in [0.2, 0.25) is 0 Å². The summed E-state index contributed by atoms with van der Waals surface area (Å²) >= 11 is 0. The zero-order valence-corrected chi connectivity index (χ0v) is 16.3. The zero-order chi connectivity index (χ0) is 22.1. The highest BCUT2D eigenvalue weighted by Crippen LogP contribution is 2.20. The number of carbonyl (C=O) groups is 3. The Labute approximate surface area is 178 Å². The Kier molecular flexibility index (Phi) is 7.12. The predicted molar refractivity (Wildman–Crippen MR) is 111 cm³/mol. The van der Waals surface area contributed by atoms with Crippen molar-refractivity contribution in [1.29, 1.82) is 0 Å². The van der Waals surface area contributed by atoms with Gasteiger partial charge in [0.1, 0.15) is 17.2 Å². The van der Waals surface area contributed by atoms with E-state index in [4.69, 9.17) is 20.8 Å². The van der Waals surface area contributed by atoms with E-state index >= 15 is 0 Å². The van der Waals surface area contributed by atoms with Gasteiger partial charge in [0.25, 0.3) is 0 Å². The van der Waals surface area contributed by atoms with Gasteiger partial charge in [-0.1, -0.05) is 30.3 Å². The van der Waals surface area contributed by atoms with E-state index in [2.05, 4.69) is 4.85 Å². The van der Waals surface area contributed by atoms with E-state index in [0.717, 1.165) is 0 Å². The average Bonchev–Trinajstić information content (AvgIpc) is 2.79. The highest BCUT2D eigenvalue weighted by atomic mass is 16.5. The van der Waals surface area contributed by atoms with Crippen LogP contribution >= 0.6 is 0 Å². The summed E-state index contributed by atoms with van der Waals surface area (Å²) in [4.78, 5) is 39.2. The molecule has 0 aliphatic carbocycles. The molecule has 3 aromatic rings. The fourth-order valence-electron chi connectivity index (χ4n) is 2.47. The smallest absolute Gasteiger partial charge is 0.343 e. The van der Waals surface area contributed by atoms with Gasteiger partial charge in [0.05, 0.1) is 25.0 Å². The molecule has 7 heteroatoms. The molecule has 0 aliphatic rings. The Morgan fingerprint density at radius 3 is 1.68 bits per heavy atom. The third kappa shape index (κ3) is 6.54. The van der Waals surface area contributed by atoms with Gasteiger partial charge in [-0.05, 0) is 48.5 Å². The minimum Gasteiger partial charge on any atom is -0.427 e. The summed E-state index contributed by atoms with van der Waals surface area (Å²) in [6.07, 6.45) is -0.263. The van der Waals surface area contributed by atoms with E-state index in [-0.39, 0.29) is 24.2 Å². The third-order valence-corrected chi connectivity index (χ3v) is 4.01. The van der Waals surface area contributed by atoms with Crippen LogP contribution in [0.3, 0.4) is 0 Å². The topological polar surface area (TPSA) is 83.3 Å². The van der Waals surface area contributed by atoms with Gasteiger partial charge in [-0.15, -0.1) is 0 Å². The van der Waals surface area contributed by atoms with E-state index < -0.39 is 17.9 Å². The minimum absolute atomic E-state index is 0.121. The van der Waals surface area contributed by atoms with Crippen LogP contribution in [-0.2, 0) is 9.59 Å². The second-order valence-electron chi connectivity index (χ2n) is 6.28. The quantitative estimate of drug-likeness (QED) is 0.315. The number of para-hydroxylation sites is 1. The molecule has 0 saturated carbocycles. The third-order valence-electron chi connectivity index (χ3n) is 4.01. The summed E-state index contributed by atoms with van der Waals surface area (Å²) in [7, 11) is 0. The second kappa shape index (κ2) is 10.4. The number of hydrogen-bond donors (Lipinski definition) is 0. The molecule has 0 amide bonds. The molecule has 154 valence electrons. The van der Waals surface area contributed by atoms with E-state index in [1.807, 2.05) is 0 Å². The van der Waals surface area contributed by atoms with Crippen LogP contribution in [0.15, 0.2) is 78.9 Å². The predicted octanol–water partition coefficient (Wildman–Crippen LogP) is 4.75. The van der Waals surface area contributed by atoms with Crippen LogP contribution in [-0.4, -0.2) is 17.9 Å². The first kappa shape index (κ1) is 21.3. The van der Waals surface area contributed by atoms with Gasteiger partial charge in [-0.25, -0.2) is 9.64 Å². The number of nitrogens with zero attached hydrogens (tertiary/aromatic N) is 1. The molecule has 0 fully saturated rings. The van der Waals surface area contributed by atoms with Crippen LogP contribution in [0.1, 0.15) is 23.2 Å². The monoisotopic (exact) mass is 415 g/mol.